The summed E-state index contributed by atoms with van der Waals surface area (Å²) < 4.78 is 26.9. The van der Waals surface area contributed by atoms with Crippen LogP contribution in [0.1, 0.15) is 58.8 Å². The molecular formula is C22H34N4O5S. The minimum absolute atomic E-state index is 0.0185. The molecule has 1 atom stereocenters. The highest BCUT2D eigenvalue weighted by Gasteiger charge is 2.32. The van der Waals surface area contributed by atoms with Gasteiger partial charge in [0.05, 0.1) is 15.7 Å². The molecule has 1 unspecified atom stereocenters. The van der Waals surface area contributed by atoms with Crippen molar-refractivity contribution in [3.63, 3.8) is 0 Å². The molecule has 1 amide bonds. The van der Waals surface area contributed by atoms with Crippen molar-refractivity contribution in [2.24, 2.45) is 5.92 Å². The Kier molecular flexibility index (Phi) is 8.10. The number of hydrogen-bond donors (Lipinski definition) is 1. The number of piperidine rings is 1. The van der Waals surface area contributed by atoms with Gasteiger partial charge in [-0.3, -0.25) is 14.9 Å². The summed E-state index contributed by atoms with van der Waals surface area (Å²) in [4.78, 5) is 25.9. The van der Waals surface area contributed by atoms with Crippen molar-refractivity contribution in [1.82, 2.24) is 9.62 Å². The second-order valence-electron chi connectivity index (χ2n) is 8.63. The van der Waals surface area contributed by atoms with Gasteiger partial charge in [0.1, 0.15) is 5.69 Å². The number of anilines is 1. The molecule has 178 valence electrons. The maximum absolute atomic E-state index is 12.8. The molecule has 1 aliphatic heterocycles. The summed E-state index contributed by atoms with van der Waals surface area (Å²) in [5.74, 6) is -0.214. The normalized spacial score (nSPS) is 20.3. The van der Waals surface area contributed by atoms with Crippen LogP contribution in [0.3, 0.4) is 0 Å². The molecule has 3 rings (SSSR count). The van der Waals surface area contributed by atoms with Crippen molar-refractivity contribution in [3.05, 3.63) is 28.3 Å². The lowest BCUT2D eigenvalue weighted by molar-refractivity contribution is -0.384. The molecular weight excluding hydrogens is 432 g/mol. The summed E-state index contributed by atoms with van der Waals surface area (Å²) in [5.41, 5.74) is 0.121. The molecule has 1 N–H and O–H groups in total. The van der Waals surface area contributed by atoms with Crippen LogP contribution < -0.4 is 10.2 Å². The number of amides is 1. The SMILES string of the molecule is CCN(CC)S(=O)(=O)c1ccc(N2CCCC(C(=O)NC3CCCCC3)C2)c([N+](=O)[O-])c1. The smallest absolute Gasteiger partial charge is 0.293 e. The fourth-order valence-electron chi connectivity index (χ4n) is 4.77. The van der Waals surface area contributed by atoms with Crippen molar-refractivity contribution in [3.8, 4) is 0 Å². The van der Waals surface area contributed by atoms with Gasteiger partial charge in [-0.1, -0.05) is 33.1 Å². The van der Waals surface area contributed by atoms with Gasteiger partial charge in [0.15, 0.2) is 0 Å². The van der Waals surface area contributed by atoms with Gasteiger partial charge in [-0.15, -0.1) is 0 Å². The Morgan fingerprint density at radius 3 is 2.47 bits per heavy atom. The van der Waals surface area contributed by atoms with Gasteiger partial charge in [0, 0.05) is 38.3 Å². The predicted octanol–water partition coefficient (Wildman–Crippen LogP) is 3.29. The van der Waals surface area contributed by atoms with Crippen LogP contribution in [-0.4, -0.2) is 55.8 Å². The van der Waals surface area contributed by atoms with E-state index in [9.17, 15) is 23.3 Å². The summed E-state index contributed by atoms with van der Waals surface area (Å²) >= 11 is 0. The molecule has 1 saturated carbocycles. The molecule has 9 nitrogen and oxygen atoms in total. The zero-order valence-corrected chi connectivity index (χ0v) is 19.8. The summed E-state index contributed by atoms with van der Waals surface area (Å²) in [6, 6.07) is 4.32. The van der Waals surface area contributed by atoms with Crippen molar-refractivity contribution in [2.45, 2.75) is 69.7 Å². The van der Waals surface area contributed by atoms with Gasteiger partial charge in [0.25, 0.3) is 5.69 Å². The predicted molar refractivity (Wildman–Crippen MR) is 123 cm³/mol. The topological polar surface area (TPSA) is 113 Å². The summed E-state index contributed by atoms with van der Waals surface area (Å²) in [6.07, 6.45) is 7.00. The summed E-state index contributed by atoms with van der Waals surface area (Å²) in [5, 5.41) is 15.0. The average molecular weight is 467 g/mol. The van der Waals surface area contributed by atoms with Gasteiger partial charge in [-0.25, -0.2) is 8.42 Å². The molecule has 1 aromatic carbocycles. The third-order valence-corrected chi connectivity index (χ3v) is 8.62. The van der Waals surface area contributed by atoms with E-state index in [0.717, 1.165) is 44.6 Å². The maximum Gasteiger partial charge on any atom is 0.293 e. The zero-order chi connectivity index (χ0) is 23.3. The number of nitro benzene ring substituents is 1. The molecule has 1 saturated heterocycles. The third-order valence-electron chi connectivity index (χ3n) is 6.57. The van der Waals surface area contributed by atoms with Gasteiger partial charge in [-0.05, 0) is 37.8 Å². The van der Waals surface area contributed by atoms with Crippen LogP contribution >= 0.6 is 0 Å². The largest absolute Gasteiger partial charge is 0.365 e. The molecule has 0 radical (unpaired) electrons. The van der Waals surface area contributed by atoms with E-state index in [1.807, 2.05) is 4.90 Å². The van der Waals surface area contributed by atoms with E-state index in [1.165, 1.54) is 22.9 Å². The van der Waals surface area contributed by atoms with E-state index in [-0.39, 0.29) is 41.5 Å². The first-order valence-electron chi connectivity index (χ1n) is 11.6. The van der Waals surface area contributed by atoms with Crippen LogP contribution in [0.5, 0.6) is 0 Å². The number of nitrogens with zero attached hydrogens (tertiary/aromatic N) is 3. The molecule has 0 aromatic heterocycles. The molecule has 1 heterocycles. The van der Waals surface area contributed by atoms with Gasteiger partial charge >= 0.3 is 0 Å². The Labute approximate surface area is 190 Å². The number of sulfonamides is 1. The van der Waals surface area contributed by atoms with Gasteiger partial charge in [0.2, 0.25) is 15.9 Å². The van der Waals surface area contributed by atoms with Crippen molar-refractivity contribution >= 4 is 27.3 Å². The van der Waals surface area contributed by atoms with Crippen LogP contribution in [0.25, 0.3) is 0 Å². The lowest BCUT2D eigenvalue weighted by atomic mass is 9.92. The first-order chi connectivity index (χ1) is 15.3. The maximum atomic E-state index is 12.8. The Morgan fingerprint density at radius 2 is 1.84 bits per heavy atom. The highest BCUT2D eigenvalue weighted by atomic mass is 32.2. The molecule has 2 fully saturated rings. The lowest BCUT2D eigenvalue weighted by Gasteiger charge is -2.34. The fourth-order valence-corrected chi connectivity index (χ4v) is 6.24. The highest BCUT2D eigenvalue weighted by Crippen LogP contribution is 2.34. The molecule has 0 bridgehead atoms. The van der Waals surface area contributed by atoms with E-state index in [4.69, 9.17) is 0 Å². The second-order valence-corrected chi connectivity index (χ2v) is 10.6. The number of rotatable bonds is 8. The first kappa shape index (κ1) is 24.4. The minimum atomic E-state index is -3.80. The Hall–Kier alpha value is -2.20. The number of nitro groups is 1. The lowest BCUT2D eigenvalue weighted by Crippen LogP contribution is -2.46. The minimum Gasteiger partial charge on any atom is -0.365 e. The molecule has 0 spiro atoms. The van der Waals surface area contributed by atoms with Crippen LogP contribution in [0, 0.1) is 16.0 Å². The fraction of sp³-hybridized carbons (Fsp3) is 0.682. The average Bonchev–Trinajstić information content (AvgIpc) is 2.80. The Balaban J connectivity index is 1.80. The van der Waals surface area contributed by atoms with Crippen molar-refractivity contribution < 1.29 is 18.1 Å². The van der Waals surface area contributed by atoms with E-state index in [2.05, 4.69) is 5.32 Å². The van der Waals surface area contributed by atoms with Gasteiger partial charge < -0.3 is 10.2 Å². The molecule has 1 aromatic rings. The highest BCUT2D eigenvalue weighted by molar-refractivity contribution is 7.89. The molecule has 2 aliphatic rings. The number of benzene rings is 1. The quantitative estimate of drug-likeness (QED) is 0.465. The van der Waals surface area contributed by atoms with Crippen LogP contribution in [0.15, 0.2) is 23.1 Å². The third kappa shape index (κ3) is 5.40. The second kappa shape index (κ2) is 10.6. The Morgan fingerprint density at radius 1 is 1.16 bits per heavy atom. The van der Waals surface area contributed by atoms with Crippen molar-refractivity contribution in [2.75, 3.05) is 31.1 Å². The standard InChI is InChI=1S/C22H34N4O5S/c1-3-25(4-2)32(30,31)19-12-13-20(21(15-19)26(28)29)24-14-8-9-17(16-24)22(27)23-18-10-6-5-7-11-18/h12-13,15,17-18H,3-11,14,16H2,1-2H3,(H,23,27). The molecule has 1 aliphatic carbocycles. The van der Waals surface area contributed by atoms with Gasteiger partial charge in [-0.2, -0.15) is 4.31 Å². The van der Waals surface area contributed by atoms with E-state index >= 15 is 0 Å². The van der Waals surface area contributed by atoms with Crippen LogP contribution in [-0.2, 0) is 14.8 Å². The number of nitrogens with one attached hydrogen (secondary N) is 1. The van der Waals surface area contributed by atoms with Crippen LogP contribution in [0.2, 0.25) is 0 Å². The summed E-state index contributed by atoms with van der Waals surface area (Å²) in [6.45, 7) is 5.03. The van der Waals surface area contributed by atoms with Crippen molar-refractivity contribution in [1.29, 1.82) is 0 Å². The molecule has 32 heavy (non-hydrogen) atoms. The first-order valence-corrected chi connectivity index (χ1v) is 13.1. The zero-order valence-electron chi connectivity index (χ0n) is 19.0. The monoisotopic (exact) mass is 466 g/mol. The number of carbonyl (C=O) groups excluding carboxylic acids is 1. The Bertz CT molecular complexity index is 926. The summed E-state index contributed by atoms with van der Waals surface area (Å²) in [7, 11) is -3.80. The van der Waals surface area contributed by atoms with E-state index in [1.54, 1.807) is 13.8 Å². The molecule has 10 heteroatoms. The number of carbonyl (C=O) groups is 1. The van der Waals surface area contributed by atoms with Crippen LogP contribution in [0.4, 0.5) is 11.4 Å². The van der Waals surface area contributed by atoms with E-state index in [0.29, 0.717) is 18.8 Å². The van der Waals surface area contributed by atoms with E-state index < -0.39 is 14.9 Å². The number of hydrogen-bond acceptors (Lipinski definition) is 6.